The van der Waals surface area contributed by atoms with Crippen molar-refractivity contribution in [1.82, 2.24) is 0 Å². The number of halogens is 1. The summed E-state index contributed by atoms with van der Waals surface area (Å²) in [5.41, 5.74) is 2.27. The highest BCUT2D eigenvalue weighted by molar-refractivity contribution is 5.84. The molecule has 2 aromatic carbocycles. The first-order valence-corrected chi connectivity index (χ1v) is 14.5. The van der Waals surface area contributed by atoms with Gasteiger partial charge in [-0.05, 0) is 104 Å². The molecular formula is C33H47F. The van der Waals surface area contributed by atoms with Crippen LogP contribution in [0.4, 0.5) is 4.39 Å². The molecule has 0 aromatic heterocycles. The zero-order valence-electron chi connectivity index (χ0n) is 21.7. The highest BCUT2D eigenvalue weighted by atomic mass is 19.1. The molecule has 2 aromatic rings. The Bertz CT molecular complexity index is 896. The van der Waals surface area contributed by atoms with Crippen molar-refractivity contribution < 1.29 is 4.39 Å². The number of hydrogen-bond donors (Lipinski definition) is 0. The summed E-state index contributed by atoms with van der Waals surface area (Å²) in [6, 6.07) is 10.6. The van der Waals surface area contributed by atoms with E-state index in [1.54, 1.807) is 0 Å². The van der Waals surface area contributed by atoms with Crippen LogP contribution >= 0.6 is 0 Å². The van der Waals surface area contributed by atoms with Gasteiger partial charge in [-0.1, -0.05) is 81.9 Å². The van der Waals surface area contributed by atoms with E-state index in [-0.39, 0.29) is 5.82 Å². The minimum atomic E-state index is 0.0273. The van der Waals surface area contributed by atoms with Crippen LogP contribution < -0.4 is 0 Å². The Labute approximate surface area is 208 Å². The summed E-state index contributed by atoms with van der Waals surface area (Å²) in [5.74, 6) is 3.71. The van der Waals surface area contributed by atoms with Gasteiger partial charge in [-0.2, -0.15) is 0 Å². The van der Waals surface area contributed by atoms with Gasteiger partial charge in [0.1, 0.15) is 5.82 Å². The fourth-order valence-corrected chi connectivity index (χ4v) is 6.92. The lowest BCUT2D eigenvalue weighted by Gasteiger charge is -2.38. The summed E-state index contributed by atoms with van der Waals surface area (Å²) in [7, 11) is 0. The highest BCUT2D eigenvalue weighted by Crippen LogP contribution is 2.43. The first kappa shape index (κ1) is 25.5. The molecule has 1 heteroatoms. The van der Waals surface area contributed by atoms with Crippen molar-refractivity contribution in [1.29, 1.82) is 0 Å². The summed E-state index contributed by atoms with van der Waals surface area (Å²) in [4.78, 5) is 0. The molecule has 2 aliphatic rings. The van der Waals surface area contributed by atoms with Gasteiger partial charge in [0.25, 0.3) is 0 Å². The van der Waals surface area contributed by atoms with Crippen LogP contribution in [-0.2, 0) is 12.8 Å². The molecular weight excluding hydrogens is 415 g/mol. The minimum Gasteiger partial charge on any atom is -0.206 e. The van der Waals surface area contributed by atoms with E-state index in [0.717, 1.165) is 59.3 Å². The Morgan fingerprint density at radius 1 is 0.824 bits per heavy atom. The summed E-state index contributed by atoms with van der Waals surface area (Å²) < 4.78 is 15.3. The van der Waals surface area contributed by atoms with Gasteiger partial charge in [0, 0.05) is 5.39 Å². The summed E-state index contributed by atoms with van der Waals surface area (Å²) in [6.45, 7) is 6.12. The van der Waals surface area contributed by atoms with Crippen molar-refractivity contribution in [3.8, 4) is 0 Å². The Morgan fingerprint density at radius 2 is 1.50 bits per heavy atom. The van der Waals surface area contributed by atoms with Crippen LogP contribution in [0.25, 0.3) is 10.8 Å². The molecule has 0 heterocycles. The average molecular weight is 463 g/mol. The molecule has 0 unspecified atom stereocenters. The van der Waals surface area contributed by atoms with E-state index < -0.39 is 0 Å². The van der Waals surface area contributed by atoms with Crippen molar-refractivity contribution in [3.05, 3.63) is 59.9 Å². The van der Waals surface area contributed by atoms with Crippen LogP contribution in [-0.4, -0.2) is 0 Å². The Hall–Kier alpha value is -1.63. The lowest BCUT2D eigenvalue weighted by molar-refractivity contribution is 0.141. The molecule has 2 saturated carbocycles. The van der Waals surface area contributed by atoms with E-state index >= 15 is 4.39 Å². The number of unbranched alkanes of at least 4 members (excludes halogenated alkanes) is 2. The SMILES string of the molecule is C=CCCC1CCC(C2CCC(CCc3ccc4cc(CCCCC)ccc4c3F)CC2)CC1. The second-order valence-corrected chi connectivity index (χ2v) is 11.5. The van der Waals surface area contributed by atoms with E-state index in [1.807, 2.05) is 6.07 Å². The van der Waals surface area contributed by atoms with Gasteiger partial charge in [-0.3, -0.25) is 0 Å². The molecule has 0 spiro atoms. The minimum absolute atomic E-state index is 0.0273. The largest absolute Gasteiger partial charge is 0.206 e. The molecule has 0 amide bonds. The third-order valence-corrected chi connectivity index (χ3v) is 9.22. The van der Waals surface area contributed by atoms with Gasteiger partial charge < -0.3 is 0 Å². The zero-order chi connectivity index (χ0) is 23.8. The van der Waals surface area contributed by atoms with E-state index in [2.05, 4.69) is 43.8 Å². The first-order valence-electron chi connectivity index (χ1n) is 14.5. The van der Waals surface area contributed by atoms with Gasteiger partial charge in [-0.25, -0.2) is 4.39 Å². The van der Waals surface area contributed by atoms with Crippen molar-refractivity contribution in [2.45, 2.75) is 110 Å². The predicted molar refractivity (Wildman–Crippen MR) is 146 cm³/mol. The monoisotopic (exact) mass is 462 g/mol. The average Bonchev–Trinajstić information content (AvgIpc) is 2.88. The summed E-state index contributed by atoms with van der Waals surface area (Å²) >= 11 is 0. The lowest BCUT2D eigenvalue weighted by Crippen LogP contribution is -2.26. The lowest BCUT2D eigenvalue weighted by atomic mass is 9.68. The molecule has 2 fully saturated rings. The Balaban J connectivity index is 1.23. The third kappa shape index (κ3) is 6.73. The van der Waals surface area contributed by atoms with Crippen molar-refractivity contribution in [2.75, 3.05) is 0 Å². The molecule has 0 bridgehead atoms. The molecule has 0 atom stereocenters. The zero-order valence-corrected chi connectivity index (χ0v) is 21.7. The normalized spacial score (nSPS) is 25.5. The molecule has 186 valence electrons. The quantitative estimate of drug-likeness (QED) is 0.230. The van der Waals surface area contributed by atoms with Crippen LogP contribution in [0.5, 0.6) is 0 Å². The molecule has 0 saturated heterocycles. The van der Waals surface area contributed by atoms with Gasteiger partial charge >= 0.3 is 0 Å². The Kier molecular flexibility index (Phi) is 9.66. The number of rotatable bonds is 11. The molecule has 0 radical (unpaired) electrons. The van der Waals surface area contributed by atoms with Gasteiger partial charge in [0.15, 0.2) is 0 Å². The second-order valence-electron chi connectivity index (χ2n) is 11.5. The molecule has 4 rings (SSSR count). The fourth-order valence-electron chi connectivity index (χ4n) is 6.92. The summed E-state index contributed by atoms with van der Waals surface area (Å²) in [5, 5.41) is 1.87. The van der Waals surface area contributed by atoms with Crippen molar-refractivity contribution >= 4 is 10.8 Å². The predicted octanol–water partition coefficient (Wildman–Crippen LogP) is 10.2. The maximum absolute atomic E-state index is 15.3. The van der Waals surface area contributed by atoms with Crippen LogP contribution in [0.2, 0.25) is 0 Å². The summed E-state index contributed by atoms with van der Waals surface area (Å²) in [6.07, 6.45) is 22.9. The smallest absolute Gasteiger partial charge is 0.134 e. The van der Waals surface area contributed by atoms with Crippen LogP contribution in [0.1, 0.15) is 108 Å². The standard InChI is InChI=1S/C33H47F/c1-3-5-7-9-27-15-23-32-31(24-27)22-21-30(33(32)34)20-14-26-12-18-29(19-13-26)28-16-10-25(11-17-28)8-6-4-2/h4,15,21-26,28-29H,2-3,5-14,16-20H2,1H3. The second kappa shape index (κ2) is 12.9. The third-order valence-electron chi connectivity index (χ3n) is 9.22. The van der Waals surface area contributed by atoms with E-state index in [1.165, 1.54) is 89.0 Å². The fraction of sp³-hybridized carbons (Fsp3) is 0.636. The number of fused-ring (bicyclic) bond motifs is 1. The van der Waals surface area contributed by atoms with E-state index in [9.17, 15) is 0 Å². The van der Waals surface area contributed by atoms with Gasteiger partial charge in [0.05, 0.1) is 0 Å². The van der Waals surface area contributed by atoms with Crippen molar-refractivity contribution in [3.63, 3.8) is 0 Å². The van der Waals surface area contributed by atoms with E-state index in [4.69, 9.17) is 0 Å². The van der Waals surface area contributed by atoms with E-state index in [0.29, 0.717) is 0 Å². The van der Waals surface area contributed by atoms with Crippen molar-refractivity contribution in [2.24, 2.45) is 23.7 Å². The number of aryl methyl sites for hydroxylation is 2. The topological polar surface area (TPSA) is 0 Å². The number of benzene rings is 2. The Morgan fingerprint density at radius 3 is 2.15 bits per heavy atom. The first-order chi connectivity index (χ1) is 16.7. The number of allylic oxidation sites excluding steroid dienone is 1. The molecule has 0 N–H and O–H groups in total. The maximum atomic E-state index is 15.3. The van der Waals surface area contributed by atoms with Crippen LogP contribution in [0, 0.1) is 29.5 Å². The number of hydrogen-bond acceptors (Lipinski definition) is 0. The molecule has 0 aliphatic heterocycles. The van der Waals surface area contributed by atoms with Gasteiger partial charge in [0.2, 0.25) is 0 Å². The maximum Gasteiger partial charge on any atom is 0.134 e. The van der Waals surface area contributed by atoms with Crippen LogP contribution in [0.15, 0.2) is 43.0 Å². The molecule has 0 nitrogen and oxygen atoms in total. The molecule has 2 aliphatic carbocycles. The van der Waals surface area contributed by atoms with Crippen LogP contribution in [0.3, 0.4) is 0 Å². The van der Waals surface area contributed by atoms with Gasteiger partial charge in [-0.15, -0.1) is 6.58 Å². The molecule has 34 heavy (non-hydrogen) atoms. The highest BCUT2D eigenvalue weighted by Gasteiger charge is 2.30.